The summed E-state index contributed by atoms with van der Waals surface area (Å²) >= 11 is 1.85. The summed E-state index contributed by atoms with van der Waals surface area (Å²) in [4.78, 5) is 11.7. The Morgan fingerprint density at radius 1 is 1.67 bits per heavy atom. The summed E-state index contributed by atoms with van der Waals surface area (Å²) in [5.41, 5.74) is 0. The van der Waals surface area contributed by atoms with Crippen molar-refractivity contribution in [1.29, 1.82) is 0 Å². The van der Waals surface area contributed by atoms with Gasteiger partial charge in [0.15, 0.2) is 0 Å². The first-order chi connectivity index (χ1) is 7.24. The molecule has 3 nitrogen and oxygen atoms in total. The minimum absolute atomic E-state index is 0.198. The van der Waals surface area contributed by atoms with Crippen LogP contribution in [0.3, 0.4) is 0 Å². The number of hydrogen-bond acceptors (Lipinski definition) is 3. The molecule has 2 atom stereocenters. The maximum absolute atomic E-state index is 11.7. The van der Waals surface area contributed by atoms with Crippen molar-refractivity contribution in [2.75, 3.05) is 25.9 Å². The van der Waals surface area contributed by atoms with E-state index in [-0.39, 0.29) is 11.8 Å². The molecule has 0 radical (unpaired) electrons. The zero-order valence-electron chi connectivity index (χ0n) is 9.71. The van der Waals surface area contributed by atoms with Crippen molar-refractivity contribution in [3.63, 3.8) is 0 Å². The number of carbonyl (C=O) groups is 1. The number of rotatable bonds is 5. The Labute approximate surface area is 96.8 Å². The van der Waals surface area contributed by atoms with Gasteiger partial charge >= 0.3 is 0 Å². The fraction of sp³-hybridized carbons (Fsp3) is 0.909. The summed E-state index contributed by atoms with van der Waals surface area (Å²) in [5, 5.41) is 6.92. The van der Waals surface area contributed by atoms with Gasteiger partial charge in [0.05, 0.1) is 5.92 Å². The van der Waals surface area contributed by atoms with E-state index in [9.17, 15) is 4.79 Å². The van der Waals surface area contributed by atoms with Crippen LogP contribution >= 0.6 is 11.8 Å². The molecule has 1 aliphatic rings. The van der Waals surface area contributed by atoms with Gasteiger partial charge in [-0.2, -0.15) is 11.8 Å². The van der Waals surface area contributed by atoms with Crippen molar-refractivity contribution in [1.82, 2.24) is 10.6 Å². The van der Waals surface area contributed by atoms with E-state index in [0.29, 0.717) is 5.25 Å². The first-order valence-corrected chi connectivity index (χ1v) is 7.04. The molecule has 2 N–H and O–H groups in total. The Hall–Kier alpha value is -0.220. The largest absolute Gasteiger partial charge is 0.356 e. The lowest BCUT2D eigenvalue weighted by Gasteiger charge is -2.22. The van der Waals surface area contributed by atoms with E-state index in [1.54, 1.807) is 0 Å². The highest BCUT2D eigenvalue weighted by Gasteiger charge is 2.20. The van der Waals surface area contributed by atoms with Crippen LogP contribution in [-0.4, -0.2) is 37.0 Å². The van der Waals surface area contributed by atoms with Gasteiger partial charge in [0.2, 0.25) is 5.91 Å². The summed E-state index contributed by atoms with van der Waals surface area (Å²) in [6.07, 6.45) is 5.33. The van der Waals surface area contributed by atoms with Gasteiger partial charge in [0.1, 0.15) is 0 Å². The summed E-state index contributed by atoms with van der Waals surface area (Å²) in [6.45, 7) is 4.92. The number of amides is 1. The van der Waals surface area contributed by atoms with Gasteiger partial charge in [-0.3, -0.25) is 4.79 Å². The molecule has 0 saturated carbocycles. The lowest BCUT2D eigenvalue weighted by Crippen LogP contribution is -2.41. The third-order valence-corrected chi connectivity index (χ3v) is 3.96. The monoisotopic (exact) mass is 230 g/mol. The maximum atomic E-state index is 11.7. The van der Waals surface area contributed by atoms with E-state index in [4.69, 9.17) is 0 Å². The molecule has 1 unspecified atom stereocenters. The van der Waals surface area contributed by atoms with E-state index in [0.717, 1.165) is 38.9 Å². The van der Waals surface area contributed by atoms with E-state index in [2.05, 4.69) is 23.8 Å². The van der Waals surface area contributed by atoms with Gasteiger partial charge in [-0.05, 0) is 32.1 Å². The molecule has 1 saturated heterocycles. The van der Waals surface area contributed by atoms with Crippen LogP contribution in [0.15, 0.2) is 0 Å². The summed E-state index contributed by atoms with van der Waals surface area (Å²) in [6, 6.07) is 0. The molecule has 4 heteroatoms. The molecule has 1 rings (SSSR count). The highest BCUT2D eigenvalue weighted by Crippen LogP contribution is 2.11. The third-order valence-electron chi connectivity index (χ3n) is 2.92. The standard InChI is InChI=1S/C11H22N2OS/c1-9(15-2)5-7-13-11(14)10-4-3-6-12-8-10/h9-10,12H,3-8H2,1-2H3,(H,13,14)/t9?,10-/m0/s1. The number of thioether (sulfide) groups is 1. The van der Waals surface area contributed by atoms with Crippen LogP contribution < -0.4 is 10.6 Å². The Morgan fingerprint density at radius 2 is 2.47 bits per heavy atom. The molecular weight excluding hydrogens is 208 g/mol. The lowest BCUT2D eigenvalue weighted by molar-refractivity contribution is -0.125. The molecule has 0 aliphatic carbocycles. The smallest absolute Gasteiger partial charge is 0.224 e. The highest BCUT2D eigenvalue weighted by molar-refractivity contribution is 7.99. The van der Waals surface area contributed by atoms with E-state index in [1.165, 1.54) is 0 Å². The van der Waals surface area contributed by atoms with Crippen molar-refractivity contribution in [3.05, 3.63) is 0 Å². The Balaban J connectivity index is 2.12. The highest BCUT2D eigenvalue weighted by atomic mass is 32.2. The molecule has 1 aliphatic heterocycles. The molecule has 1 fully saturated rings. The normalized spacial score (nSPS) is 23.5. The van der Waals surface area contributed by atoms with Crippen LogP contribution in [0.25, 0.3) is 0 Å². The Kier molecular flexibility index (Phi) is 6.10. The average Bonchev–Trinajstić information content (AvgIpc) is 2.29. The van der Waals surface area contributed by atoms with Crippen LogP contribution in [0.5, 0.6) is 0 Å². The quantitative estimate of drug-likeness (QED) is 0.747. The number of piperidine rings is 1. The first kappa shape index (κ1) is 12.8. The molecule has 0 aromatic rings. The third kappa shape index (κ3) is 4.89. The first-order valence-electron chi connectivity index (χ1n) is 5.75. The van der Waals surface area contributed by atoms with Crippen molar-refractivity contribution < 1.29 is 4.79 Å². The Bertz CT molecular complexity index is 193. The lowest BCUT2D eigenvalue weighted by atomic mass is 9.99. The Morgan fingerprint density at radius 3 is 3.07 bits per heavy atom. The topological polar surface area (TPSA) is 41.1 Å². The van der Waals surface area contributed by atoms with Crippen molar-refractivity contribution in [2.45, 2.75) is 31.4 Å². The fourth-order valence-corrected chi connectivity index (χ4v) is 2.09. The molecule has 15 heavy (non-hydrogen) atoms. The van der Waals surface area contributed by atoms with Gasteiger partial charge in [-0.1, -0.05) is 6.92 Å². The van der Waals surface area contributed by atoms with E-state index >= 15 is 0 Å². The molecular formula is C11H22N2OS. The molecule has 0 spiro atoms. The minimum Gasteiger partial charge on any atom is -0.356 e. The summed E-state index contributed by atoms with van der Waals surface area (Å²) < 4.78 is 0. The fourth-order valence-electron chi connectivity index (χ4n) is 1.74. The van der Waals surface area contributed by atoms with Crippen LogP contribution in [0.4, 0.5) is 0 Å². The van der Waals surface area contributed by atoms with Crippen LogP contribution in [-0.2, 0) is 4.79 Å². The second-order valence-corrected chi connectivity index (χ2v) is 5.45. The van der Waals surface area contributed by atoms with Gasteiger partial charge < -0.3 is 10.6 Å². The number of carbonyl (C=O) groups excluding carboxylic acids is 1. The second kappa shape index (κ2) is 7.12. The van der Waals surface area contributed by atoms with Crippen LogP contribution in [0, 0.1) is 5.92 Å². The van der Waals surface area contributed by atoms with E-state index < -0.39 is 0 Å². The van der Waals surface area contributed by atoms with Gasteiger partial charge in [0.25, 0.3) is 0 Å². The summed E-state index contributed by atoms with van der Waals surface area (Å²) in [7, 11) is 0. The zero-order valence-corrected chi connectivity index (χ0v) is 10.5. The van der Waals surface area contributed by atoms with Gasteiger partial charge in [-0.15, -0.1) is 0 Å². The molecule has 0 aromatic heterocycles. The summed E-state index contributed by atoms with van der Waals surface area (Å²) in [5.74, 6) is 0.429. The van der Waals surface area contributed by atoms with Gasteiger partial charge in [-0.25, -0.2) is 0 Å². The van der Waals surface area contributed by atoms with Crippen molar-refractivity contribution in [2.24, 2.45) is 5.92 Å². The van der Waals surface area contributed by atoms with Crippen molar-refractivity contribution in [3.8, 4) is 0 Å². The number of hydrogen-bond donors (Lipinski definition) is 2. The second-order valence-electron chi connectivity index (χ2n) is 4.17. The van der Waals surface area contributed by atoms with Crippen molar-refractivity contribution >= 4 is 17.7 Å². The average molecular weight is 230 g/mol. The molecule has 0 bridgehead atoms. The van der Waals surface area contributed by atoms with Crippen LogP contribution in [0.1, 0.15) is 26.2 Å². The van der Waals surface area contributed by atoms with Gasteiger partial charge in [0, 0.05) is 18.3 Å². The van der Waals surface area contributed by atoms with E-state index in [1.807, 2.05) is 11.8 Å². The molecule has 1 amide bonds. The maximum Gasteiger partial charge on any atom is 0.224 e. The number of nitrogens with one attached hydrogen (secondary N) is 2. The molecule has 1 heterocycles. The SMILES string of the molecule is CSC(C)CCNC(=O)[C@H]1CCCNC1. The van der Waals surface area contributed by atoms with Crippen LogP contribution in [0.2, 0.25) is 0 Å². The zero-order chi connectivity index (χ0) is 11.1. The predicted molar refractivity (Wildman–Crippen MR) is 66.2 cm³/mol. The predicted octanol–water partition coefficient (Wildman–Crippen LogP) is 1.24. The molecule has 88 valence electrons. The minimum atomic E-state index is 0.198. The molecule has 0 aromatic carbocycles.